The van der Waals surface area contributed by atoms with Crippen LogP contribution in [0, 0.1) is 40.4 Å². The normalized spacial score (nSPS) is 41.8. The highest BCUT2D eigenvalue weighted by Gasteiger charge is 2.74. The van der Waals surface area contributed by atoms with Crippen LogP contribution in [0.1, 0.15) is 89.7 Å². The Labute approximate surface area is 229 Å². The van der Waals surface area contributed by atoms with Gasteiger partial charge in [0.25, 0.3) is 0 Å². The third kappa shape index (κ3) is 3.51. The number of carbonyl (C=O) groups is 1. The van der Waals surface area contributed by atoms with Gasteiger partial charge in [-0.2, -0.15) is 0 Å². The number of fused-ring (bicyclic) bond motifs is 3. The van der Waals surface area contributed by atoms with Crippen LogP contribution in [-0.2, 0) is 9.53 Å². The molecule has 2 nitrogen and oxygen atoms in total. The molecule has 0 N–H and O–H groups in total. The summed E-state index contributed by atoms with van der Waals surface area (Å²) in [6.45, 7) is 7.36. The molecule has 2 aliphatic heterocycles. The Morgan fingerprint density at radius 3 is 2.32 bits per heavy atom. The van der Waals surface area contributed by atoms with Crippen LogP contribution < -0.4 is 0 Å². The lowest BCUT2D eigenvalue weighted by Gasteiger charge is -2.70. The van der Waals surface area contributed by atoms with Gasteiger partial charge in [-0.3, -0.25) is 4.79 Å². The molecule has 2 heterocycles. The zero-order valence-electron chi connectivity index (χ0n) is 23.5. The molecule has 4 aliphatic carbocycles. The van der Waals surface area contributed by atoms with E-state index in [1.54, 1.807) is 0 Å². The van der Waals surface area contributed by atoms with Gasteiger partial charge in [0, 0.05) is 11.8 Å². The molecule has 2 saturated heterocycles. The second-order valence-corrected chi connectivity index (χ2v) is 14.2. The molecule has 9 atom stereocenters. The van der Waals surface area contributed by atoms with Gasteiger partial charge in [-0.1, -0.05) is 87.5 Å². The number of hydrogen-bond donors (Lipinski definition) is 0. The summed E-state index contributed by atoms with van der Waals surface area (Å²) in [5.74, 6) is 3.48. The third-order valence-corrected chi connectivity index (χ3v) is 12.3. The van der Waals surface area contributed by atoms with Crippen LogP contribution >= 0.6 is 0 Å². The van der Waals surface area contributed by atoms with Crippen LogP contribution in [0.5, 0.6) is 0 Å². The van der Waals surface area contributed by atoms with E-state index in [0.29, 0.717) is 41.5 Å². The Balaban J connectivity index is 1.15. The molecule has 6 aliphatic rings. The molecule has 4 bridgehead atoms. The van der Waals surface area contributed by atoms with E-state index in [1.807, 2.05) is 0 Å². The Kier molecular flexibility index (Phi) is 5.82. The fourth-order valence-electron chi connectivity index (χ4n) is 10.3. The standard InChI is InChI=1S/C36H44O2/c1-24(14-16-30(25-10-6-4-7-11-25)26-12-8-5-9-13-26)27-20-32-31-17-15-28-21-29-18-19-35(28,3)36(31,38-29)33(37)23-34(32,2)22-27/h4-13,16,24,27-29,31-32H,14-15,17-23H2,1-3H3/t24-,27+,28-,29-,31+,32-,34+,35+,36+/m1/s1. The topological polar surface area (TPSA) is 26.3 Å². The Bertz CT molecular complexity index is 1190. The quantitative estimate of drug-likeness (QED) is 0.405. The van der Waals surface area contributed by atoms with Crippen molar-refractivity contribution in [3.8, 4) is 0 Å². The van der Waals surface area contributed by atoms with Crippen LogP contribution in [-0.4, -0.2) is 17.5 Å². The summed E-state index contributed by atoms with van der Waals surface area (Å²) in [5, 5.41) is 0. The molecule has 0 amide bonds. The average molecular weight is 509 g/mol. The van der Waals surface area contributed by atoms with E-state index in [0.717, 1.165) is 19.3 Å². The lowest BCUT2D eigenvalue weighted by molar-refractivity contribution is -0.306. The van der Waals surface area contributed by atoms with Crippen molar-refractivity contribution in [1.82, 2.24) is 0 Å². The number of carbonyl (C=O) groups excluding carboxylic acids is 1. The number of benzene rings is 2. The summed E-state index contributed by atoms with van der Waals surface area (Å²) in [5.41, 5.74) is 3.65. The van der Waals surface area contributed by atoms with Crippen LogP contribution in [0.3, 0.4) is 0 Å². The van der Waals surface area contributed by atoms with E-state index < -0.39 is 5.60 Å². The van der Waals surface area contributed by atoms with Crippen molar-refractivity contribution in [2.45, 2.75) is 90.3 Å². The van der Waals surface area contributed by atoms with Crippen molar-refractivity contribution < 1.29 is 9.53 Å². The molecule has 1 spiro atoms. The highest BCUT2D eigenvalue weighted by atomic mass is 16.5. The fraction of sp³-hybridized carbons (Fsp3) is 0.583. The zero-order chi connectivity index (χ0) is 26.1. The average Bonchev–Trinajstić information content (AvgIpc) is 3.27. The number of allylic oxidation sites excluding steroid dienone is 1. The van der Waals surface area contributed by atoms with Gasteiger partial charge in [-0.15, -0.1) is 0 Å². The zero-order valence-corrected chi connectivity index (χ0v) is 23.5. The Morgan fingerprint density at radius 2 is 1.63 bits per heavy atom. The molecule has 2 aromatic rings. The summed E-state index contributed by atoms with van der Waals surface area (Å²) < 4.78 is 6.93. The van der Waals surface area contributed by atoms with E-state index in [1.165, 1.54) is 55.2 Å². The molecule has 0 radical (unpaired) electrons. The first-order chi connectivity index (χ1) is 18.3. The van der Waals surface area contributed by atoms with Crippen LogP contribution in [0.4, 0.5) is 0 Å². The van der Waals surface area contributed by atoms with Gasteiger partial charge in [0.15, 0.2) is 5.78 Å². The van der Waals surface area contributed by atoms with Crippen molar-refractivity contribution in [3.63, 3.8) is 0 Å². The fourth-order valence-corrected chi connectivity index (χ4v) is 10.3. The molecule has 2 aromatic carbocycles. The highest BCUT2D eigenvalue weighted by Crippen LogP contribution is 2.72. The lowest BCUT2D eigenvalue weighted by Crippen LogP contribution is -2.74. The second-order valence-electron chi connectivity index (χ2n) is 14.2. The van der Waals surface area contributed by atoms with E-state index >= 15 is 0 Å². The molecule has 38 heavy (non-hydrogen) atoms. The number of Topliss-reactive ketones (excluding diaryl/α,β-unsaturated/α-hetero) is 1. The summed E-state index contributed by atoms with van der Waals surface area (Å²) in [6.07, 6.45) is 13.2. The molecule has 2 heteroatoms. The van der Waals surface area contributed by atoms with E-state index in [2.05, 4.69) is 87.5 Å². The van der Waals surface area contributed by atoms with Crippen molar-refractivity contribution in [2.75, 3.05) is 0 Å². The minimum Gasteiger partial charge on any atom is -0.363 e. The van der Waals surface area contributed by atoms with Crippen LogP contribution in [0.2, 0.25) is 0 Å². The Hall–Kier alpha value is -2.19. The van der Waals surface area contributed by atoms with E-state index in [9.17, 15) is 4.79 Å². The van der Waals surface area contributed by atoms with Gasteiger partial charge in [0.1, 0.15) is 5.60 Å². The van der Waals surface area contributed by atoms with Gasteiger partial charge in [-0.25, -0.2) is 0 Å². The van der Waals surface area contributed by atoms with E-state index in [-0.39, 0.29) is 10.8 Å². The van der Waals surface area contributed by atoms with Crippen molar-refractivity contribution in [3.05, 3.63) is 77.9 Å². The van der Waals surface area contributed by atoms with Gasteiger partial charge in [-0.05, 0) is 103 Å². The number of hydrogen-bond acceptors (Lipinski definition) is 2. The van der Waals surface area contributed by atoms with Gasteiger partial charge in [0.05, 0.1) is 6.10 Å². The first kappa shape index (κ1) is 24.8. The largest absolute Gasteiger partial charge is 0.363 e. The van der Waals surface area contributed by atoms with Gasteiger partial charge in [0.2, 0.25) is 0 Å². The SMILES string of the molecule is C[C@H](CC=C(c1ccccc1)c1ccccc1)[C@H]1C[C@@H]2[C@@H]3CC[C@@H]4C[C@H]5CC[C@]4(C)[C@@]3(O5)C(=O)C[C@]2(C)C1. The minimum absolute atomic E-state index is 0.0653. The maximum absolute atomic E-state index is 14.2. The van der Waals surface area contributed by atoms with E-state index in [4.69, 9.17) is 4.74 Å². The number of ketones is 1. The molecule has 0 unspecified atom stereocenters. The van der Waals surface area contributed by atoms with Crippen molar-refractivity contribution in [2.24, 2.45) is 40.4 Å². The van der Waals surface area contributed by atoms with Crippen molar-refractivity contribution in [1.29, 1.82) is 0 Å². The predicted molar refractivity (Wildman–Crippen MR) is 153 cm³/mol. The van der Waals surface area contributed by atoms with Gasteiger partial charge < -0.3 is 4.74 Å². The minimum atomic E-state index is -0.479. The second kappa shape index (κ2) is 8.91. The first-order valence-electron chi connectivity index (χ1n) is 15.4. The lowest BCUT2D eigenvalue weighted by atomic mass is 9.41. The smallest absolute Gasteiger partial charge is 0.166 e. The molecule has 4 saturated carbocycles. The summed E-state index contributed by atoms with van der Waals surface area (Å²) >= 11 is 0. The maximum atomic E-state index is 14.2. The number of rotatable bonds is 5. The molecular formula is C36H44O2. The van der Waals surface area contributed by atoms with Crippen molar-refractivity contribution >= 4 is 11.4 Å². The molecule has 8 rings (SSSR count). The summed E-state index contributed by atoms with van der Waals surface area (Å²) in [6, 6.07) is 21.7. The van der Waals surface area contributed by atoms with Crippen LogP contribution in [0.25, 0.3) is 5.57 Å². The van der Waals surface area contributed by atoms with Gasteiger partial charge >= 0.3 is 0 Å². The monoisotopic (exact) mass is 508 g/mol. The summed E-state index contributed by atoms with van der Waals surface area (Å²) in [7, 11) is 0. The number of ether oxygens (including phenoxy) is 1. The Morgan fingerprint density at radius 1 is 0.947 bits per heavy atom. The third-order valence-electron chi connectivity index (χ3n) is 12.3. The highest BCUT2D eigenvalue weighted by molar-refractivity contribution is 5.91. The molecule has 6 fully saturated rings. The molecule has 200 valence electrons. The molecular weight excluding hydrogens is 464 g/mol. The van der Waals surface area contributed by atoms with Crippen LogP contribution in [0.15, 0.2) is 66.7 Å². The summed E-state index contributed by atoms with van der Waals surface area (Å²) in [4.78, 5) is 14.2. The molecule has 0 aromatic heterocycles. The first-order valence-corrected chi connectivity index (χ1v) is 15.4. The predicted octanol–water partition coefficient (Wildman–Crippen LogP) is 8.50. The maximum Gasteiger partial charge on any atom is 0.166 e.